The summed E-state index contributed by atoms with van der Waals surface area (Å²) in [6, 6.07) is 0. The summed E-state index contributed by atoms with van der Waals surface area (Å²) in [6.07, 6.45) is 61.2. The number of esters is 3. The van der Waals surface area contributed by atoms with Crippen LogP contribution in [-0.2, 0) is 28.6 Å². The van der Waals surface area contributed by atoms with Gasteiger partial charge in [0, 0.05) is 19.3 Å². The predicted molar refractivity (Wildman–Crippen MR) is 270 cm³/mol. The average molecular weight is 885 g/mol. The minimum absolute atomic E-state index is 0.0790. The van der Waals surface area contributed by atoms with Gasteiger partial charge in [0.05, 0.1) is 0 Å². The molecule has 0 N–H and O–H groups in total. The van der Waals surface area contributed by atoms with Crippen molar-refractivity contribution in [1.29, 1.82) is 0 Å². The van der Waals surface area contributed by atoms with E-state index in [4.69, 9.17) is 14.2 Å². The van der Waals surface area contributed by atoms with E-state index in [1.54, 1.807) is 0 Å². The van der Waals surface area contributed by atoms with Crippen LogP contribution in [0.2, 0.25) is 0 Å². The van der Waals surface area contributed by atoms with Crippen molar-refractivity contribution < 1.29 is 28.6 Å². The average Bonchev–Trinajstić information content (AvgIpc) is 3.28. The number of rotatable bonds is 50. The maximum atomic E-state index is 12.8. The van der Waals surface area contributed by atoms with Crippen molar-refractivity contribution in [3.63, 3.8) is 0 Å². The lowest BCUT2D eigenvalue weighted by Crippen LogP contribution is -2.30. The number of ether oxygens (including phenoxy) is 3. The van der Waals surface area contributed by atoms with Gasteiger partial charge in [0.25, 0.3) is 0 Å². The Morgan fingerprint density at radius 1 is 0.302 bits per heavy atom. The highest BCUT2D eigenvalue weighted by molar-refractivity contribution is 5.71. The number of carbonyl (C=O) groups excluding carboxylic acids is 3. The quantitative estimate of drug-likeness (QED) is 0.0262. The number of hydrogen-bond acceptors (Lipinski definition) is 6. The van der Waals surface area contributed by atoms with Crippen molar-refractivity contribution >= 4 is 17.9 Å². The molecule has 368 valence electrons. The van der Waals surface area contributed by atoms with Crippen LogP contribution < -0.4 is 0 Å². The Hall–Kier alpha value is -2.37. The van der Waals surface area contributed by atoms with E-state index in [0.29, 0.717) is 19.3 Å². The third-order valence-corrected chi connectivity index (χ3v) is 12.1. The lowest BCUT2D eigenvalue weighted by Gasteiger charge is -2.18. The number of hydrogen-bond donors (Lipinski definition) is 0. The molecule has 0 radical (unpaired) electrons. The normalized spacial score (nSPS) is 12.2. The SMILES string of the molecule is CCCCCC/C=C\CCCCCCCC(=O)OC[C@@H](COC(=O)CCCCCCC/C=C\CCCCCCCC)OC(=O)CCCCCCCCC/C=C\CCCCCCCC. The summed E-state index contributed by atoms with van der Waals surface area (Å²) in [5.41, 5.74) is 0. The molecule has 0 saturated carbocycles. The van der Waals surface area contributed by atoms with Crippen LogP contribution in [-0.4, -0.2) is 37.2 Å². The molecule has 0 fully saturated rings. The van der Waals surface area contributed by atoms with Gasteiger partial charge in [-0.05, 0) is 96.3 Å². The second kappa shape index (κ2) is 52.3. The van der Waals surface area contributed by atoms with Gasteiger partial charge in [-0.1, -0.05) is 211 Å². The van der Waals surface area contributed by atoms with Gasteiger partial charge in [0.1, 0.15) is 13.2 Å². The summed E-state index contributed by atoms with van der Waals surface area (Å²) in [5, 5.41) is 0. The predicted octanol–water partition coefficient (Wildman–Crippen LogP) is 18.1. The number of carbonyl (C=O) groups is 3. The summed E-state index contributed by atoms with van der Waals surface area (Å²) in [6.45, 7) is 6.62. The van der Waals surface area contributed by atoms with Gasteiger partial charge >= 0.3 is 17.9 Å². The molecular weight excluding hydrogens is 781 g/mol. The molecule has 0 aliphatic heterocycles. The summed E-state index contributed by atoms with van der Waals surface area (Å²) in [7, 11) is 0. The van der Waals surface area contributed by atoms with Crippen molar-refractivity contribution in [3.05, 3.63) is 36.5 Å². The van der Waals surface area contributed by atoms with Crippen molar-refractivity contribution in [1.82, 2.24) is 0 Å². The summed E-state index contributed by atoms with van der Waals surface area (Å²) in [4.78, 5) is 38.0. The molecule has 0 aromatic heterocycles. The molecule has 0 aromatic rings. The van der Waals surface area contributed by atoms with Crippen LogP contribution in [0.1, 0.15) is 290 Å². The monoisotopic (exact) mass is 885 g/mol. The van der Waals surface area contributed by atoms with Crippen molar-refractivity contribution in [3.8, 4) is 0 Å². The third-order valence-electron chi connectivity index (χ3n) is 12.1. The largest absolute Gasteiger partial charge is 0.462 e. The molecule has 63 heavy (non-hydrogen) atoms. The molecule has 0 heterocycles. The van der Waals surface area contributed by atoms with Crippen molar-refractivity contribution in [2.75, 3.05) is 13.2 Å². The van der Waals surface area contributed by atoms with Gasteiger partial charge in [-0.15, -0.1) is 0 Å². The van der Waals surface area contributed by atoms with E-state index in [-0.39, 0.29) is 31.1 Å². The highest BCUT2D eigenvalue weighted by Crippen LogP contribution is 2.15. The second-order valence-electron chi connectivity index (χ2n) is 18.5. The Bertz CT molecular complexity index is 1060. The van der Waals surface area contributed by atoms with Crippen molar-refractivity contribution in [2.24, 2.45) is 0 Å². The standard InChI is InChI=1S/C57H104O6/c1-4-7-10-13-16-19-22-25-27-28-30-33-36-39-42-45-48-51-57(60)63-54(52-61-55(58)49-46-43-40-37-34-31-24-21-18-15-12-9-6-3)53-62-56(59)50-47-44-41-38-35-32-29-26-23-20-17-14-11-8-5-2/h21,24-27,29,54H,4-20,22-23,28,30-53H2,1-3H3/b24-21-,27-25-,29-26-/t54-/m0/s1. The zero-order chi connectivity index (χ0) is 45.8. The molecule has 1 atom stereocenters. The van der Waals surface area contributed by atoms with Crippen LogP contribution in [0.5, 0.6) is 0 Å². The van der Waals surface area contributed by atoms with E-state index in [2.05, 4.69) is 57.2 Å². The minimum atomic E-state index is -0.779. The summed E-state index contributed by atoms with van der Waals surface area (Å²) in [5.74, 6) is -0.888. The third kappa shape index (κ3) is 50.5. The van der Waals surface area contributed by atoms with Crippen LogP contribution in [0.4, 0.5) is 0 Å². The zero-order valence-corrected chi connectivity index (χ0v) is 42.1. The van der Waals surface area contributed by atoms with Gasteiger partial charge in [-0.3, -0.25) is 14.4 Å². The molecule has 0 aliphatic rings. The summed E-state index contributed by atoms with van der Waals surface area (Å²) < 4.78 is 16.8. The highest BCUT2D eigenvalue weighted by Gasteiger charge is 2.19. The molecule has 0 aliphatic carbocycles. The van der Waals surface area contributed by atoms with Crippen LogP contribution in [0.3, 0.4) is 0 Å². The first-order valence-electron chi connectivity index (χ1n) is 27.5. The van der Waals surface area contributed by atoms with E-state index < -0.39 is 6.10 Å². The molecule has 6 heteroatoms. The summed E-state index contributed by atoms with van der Waals surface area (Å²) >= 11 is 0. The second-order valence-corrected chi connectivity index (χ2v) is 18.5. The van der Waals surface area contributed by atoms with E-state index in [1.165, 1.54) is 180 Å². The molecule has 0 amide bonds. The van der Waals surface area contributed by atoms with Gasteiger partial charge < -0.3 is 14.2 Å². The fourth-order valence-corrected chi connectivity index (χ4v) is 7.90. The Morgan fingerprint density at radius 3 is 0.810 bits per heavy atom. The van der Waals surface area contributed by atoms with Gasteiger partial charge in [-0.2, -0.15) is 0 Å². The molecule has 0 bridgehead atoms. The Kier molecular flexibility index (Phi) is 50.3. The Morgan fingerprint density at radius 2 is 0.524 bits per heavy atom. The molecule has 6 nitrogen and oxygen atoms in total. The van der Waals surface area contributed by atoms with Crippen LogP contribution >= 0.6 is 0 Å². The lowest BCUT2D eigenvalue weighted by atomic mass is 10.1. The Labute approximate surface area is 391 Å². The van der Waals surface area contributed by atoms with E-state index >= 15 is 0 Å². The number of allylic oxidation sites excluding steroid dienone is 6. The van der Waals surface area contributed by atoms with Crippen LogP contribution in [0.25, 0.3) is 0 Å². The van der Waals surface area contributed by atoms with Crippen molar-refractivity contribution in [2.45, 2.75) is 297 Å². The zero-order valence-electron chi connectivity index (χ0n) is 42.1. The molecule has 0 rings (SSSR count). The van der Waals surface area contributed by atoms with Crippen LogP contribution in [0, 0.1) is 0 Å². The Balaban J connectivity index is 4.38. The van der Waals surface area contributed by atoms with Crippen LogP contribution in [0.15, 0.2) is 36.5 Å². The first-order valence-corrected chi connectivity index (χ1v) is 27.5. The van der Waals surface area contributed by atoms with E-state index in [9.17, 15) is 14.4 Å². The maximum absolute atomic E-state index is 12.8. The molecule has 0 aromatic carbocycles. The topological polar surface area (TPSA) is 78.9 Å². The van der Waals surface area contributed by atoms with Gasteiger partial charge in [-0.25, -0.2) is 0 Å². The maximum Gasteiger partial charge on any atom is 0.306 e. The van der Waals surface area contributed by atoms with Gasteiger partial charge in [0.2, 0.25) is 0 Å². The molecule has 0 saturated heterocycles. The van der Waals surface area contributed by atoms with E-state index in [1.807, 2.05) is 0 Å². The van der Waals surface area contributed by atoms with Gasteiger partial charge in [0.15, 0.2) is 6.10 Å². The first kappa shape index (κ1) is 60.6. The first-order chi connectivity index (χ1) is 31.0. The smallest absolute Gasteiger partial charge is 0.306 e. The molecule has 0 unspecified atom stereocenters. The molecule has 0 spiro atoms. The highest BCUT2D eigenvalue weighted by atomic mass is 16.6. The fraction of sp³-hybridized carbons (Fsp3) is 0.842. The fourth-order valence-electron chi connectivity index (χ4n) is 7.90. The molecular formula is C57H104O6. The van der Waals surface area contributed by atoms with E-state index in [0.717, 1.165) is 70.6 Å². The minimum Gasteiger partial charge on any atom is -0.462 e. The lowest BCUT2D eigenvalue weighted by molar-refractivity contribution is -0.167. The number of unbranched alkanes of at least 4 members (excludes halogenated alkanes) is 33.